The predicted molar refractivity (Wildman–Crippen MR) is 69.4 cm³/mol. The average molecular weight is 286 g/mol. The molecular weight excluding hydrogens is 271 g/mol. The van der Waals surface area contributed by atoms with Crippen LogP contribution in [-0.4, -0.2) is 23.7 Å². The number of benzene rings is 1. The van der Waals surface area contributed by atoms with E-state index in [1.54, 1.807) is 12.1 Å². The van der Waals surface area contributed by atoms with Gasteiger partial charge in [0.25, 0.3) is 11.7 Å². The molecule has 104 valence electrons. The lowest BCUT2D eigenvalue weighted by atomic mass is 10.1. The highest BCUT2D eigenvalue weighted by Crippen LogP contribution is 2.47. The molecule has 0 aliphatic heterocycles. The Morgan fingerprint density at radius 1 is 1.47 bits per heavy atom. The van der Waals surface area contributed by atoms with Crippen LogP contribution in [0.2, 0.25) is 0 Å². The molecule has 7 nitrogen and oxygen atoms in total. The smallest absolute Gasteiger partial charge is 0.349 e. The minimum atomic E-state index is -4.36. The molecule has 0 aliphatic rings. The number of carbonyl (C=O) groups is 1. The van der Waals surface area contributed by atoms with Gasteiger partial charge in [-0.25, -0.2) is 0 Å². The van der Waals surface area contributed by atoms with Crippen molar-refractivity contribution in [2.75, 3.05) is 7.11 Å². The first-order valence-electron chi connectivity index (χ1n) is 5.44. The highest BCUT2D eigenvalue weighted by Gasteiger charge is 2.39. The summed E-state index contributed by atoms with van der Waals surface area (Å²) < 4.78 is 15.6. The molecule has 1 amide bonds. The maximum atomic E-state index is 11.6. The fourth-order valence-corrected chi connectivity index (χ4v) is 2.05. The van der Waals surface area contributed by atoms with Gasteiger partial charge in [0.15, 0.2) is 0 Å². The van der Waals surface area contributed by atoms with Crippen molar-refractivity contribution in [1.29, 1.82) is 0 Å². The maximum absolute atomic E-state index is 11.6. The van der Waals surface area contributed by atoms with E-state index in [0.29, 0.717) is 0 Å². The molecule has 2 atom stereocenters. The van der Waals surface area contributed by atoms with Crippen molar-refractivity contribution in [2.24, 2.45) is 5.18 Å². The molecule has 0 aromatic heterocycles. The molecule has 0 aliphatic carbocycles. The summed E-state index contributed by atoms with van der Waals surface area (Å²) in [5, 5.41) is 4.72. The first-order valence-corrected chi connectivity index (χ1v) is 7.09. The fourth-order valence-electron chi connectivity index (χ4n) is 1.34. The van der Waals surface area contributed by atoms with Crippen molar-refractivity contribution in [3.8, 4) is 0 Å². The van der Waals surface area contributed by atoms with E-state index < -0.39 is 19.3 Å². The summed E-state index contributed by atoms with van der Waals surface area (Å²) in [4.78, 5) is 31.4. The minimum absolute atomic E-state index is 0.134. The van der Waals surface area contributed by atoms with Crippen molar-refractivity contribution in [2.45, 2.75) is 19.3 Å². The molecule has 1 rings (SSSR count). The van der Waals surface area contributed by atoms with Crippen molar-refractivity contribution >= 4 is 13.5 Å². The van der Waals surface area contributed by atoms with Gasteiger partial charge in [0.05, 0.1) is 0 Å². The second kappa shape index (κ2) is 6.56. The monoisotopic (exact) mass is 286 g/mol. The molecule has 0 spiro atoms. The van der Waals surface area contributed by atoms with Crippen LogP contribution in [0.25, 0.3) is 0 Å². The Hall–Kier alpha value is -1.56. The summed E-state index contributed by atoms with van der Waals surface area (Å²) in [6, 6.07) is 7.33. The van der Waals surface area contributed by atoms with E-state index in [2.05, 4.69) is 15.0 Å². The third-order valence-electron chi connectivity index (χ3n) is 2.49. The molecule has 0 radical (unpaired) electrons. The predicted octanol–water partition coefficient (Wildman–Crippen LogP) is 1.54. The highest BCUT2D eigenvalue weighted by atomic mass is 31.2. The second-order valence-corrected chi connectivity index (χ2v) is 5.91. The number of nitrogens with one attached hydrogen (secondary N) is 1. The Morgan fingerprint density at radius 2 is 2.05 bits per heavy atom. The number of nitrogens with zero attached hydrogens (tertiary/aromatic N) is 1. The van der Waals surface area contributed by atoms with Gasteiger partial charge in [0.2, 0.25) is 0 Å². The summed E-state index contributed by atoms with van der Waals surface area (Å²) in [6.45, 7) is 2.06. The number of amides is 1. The van der Waals surface area contributed by atoms with Gasteiger partial charge in [0, 0.05) is 13.7 Å². The number of hydrogen-bond donors (Lipinski definition) is 2. The Balaban J connectivity index is 2.66. The second-order valence-electron chi connectivity index (χ2n) is 3.93. The minimum Gasteiger partial charge on any atom is -0.349 e. The topological polar surface area (TPSA) is 105 Å². The third kappa shape index (κ3) is 4.24. The van der Waals surface area contributed by atoms with Crippen LogP contribution < -0.4 is 5.32 Å². The summed E-state index contributed by atoms with van der Waals surface area (Å²) in [5.41, 5.74) is 1.87. The lowest BCUT2D eigenvalue weighted by molar-refractivity contribution is -0.121. The van der Waals surface area contributed by atoms with Crippen molar-refractivity contribution < 1.29 is 18.8 Å². The van der Waals surface area contributed by atoms with Gasteiger partial charge in [-0.1, -0.05) is 29.8 Å². The zero-order chi connectivity index (χ0) is 14.5. The molecule has 1 aromatic carbocycles. The van der Waals surface area contributed by atoms with Crippen LogP contribution in [0.1, 0.15) is 11.1 Å². The lowest BCUT2D eigenvalue weighted by Crippen LogP contribution is -2.33. The van der Waals surface area contributed by atoms with E-state index in [9.17, 15) is 19.2 Å². The van der Waals surface area contributed by atoms with Gasteiger partial charge < -0.3 is 14.7 Å². The molecule has 2 N–H and O–H groups in total. The SMILES string of the molecule is COP(=O)(O)C(N=O)C(=O)NCc1ccc(C)cc1. The number of rotatable bonds is 6. The molecule has 0 bridgehead atoms. The van der Waals surface area contributed by atoms with Crippen LogP contribution in [-0.2, 0) is 20.4 Å². The number of hydrogen-bond acceptors (Lipinski definition) is 5. The first kappa shape index (κ1) is 15.5. The number of aryl methyl sites for hydroxylation is 1. The molecule has 8 heteroatoms. The Labute approximate surface area is 110 Å². The molecule has 2 unspecified atom stereocenters. The van der Waals surface area contributed by atoms with Gasteiger partial charge in [-0.2, -0.15) is 0 Å². The summed E-state index contributed by atoms with van der Waals surface area (Å²) >= 11 is 0. The van der Waals surface area contributed by atoms with E-state index in [4.69, 9.17) is 0 Å². The Morgan fingerprint density at radius 3 is 2.53 bits per heavy atom. The van der Waals surface area contributed by atoms with Crippen LogP contribution in [0.3, 0.4) is 0 Å². The molecule has 19 heavy (non-hydrogen) atoms. The van der Waals surface area contributed by atoms with E-state index in [1.165, 1.54) is 0 Å². The van der Waals surface area contributed by atoms with Crippen molar-refractivity contribution in [3.63, 3.8) is 0 Å². The van der Waals surface area contributed by atoms with E-state index in [-0.39, 0.29) is 6.54 Å². The van der Waals surface area contributed by atoms with E-state index in [1.807, 2.05) is 19.1 Å². The molecule has 0 saturated carbocycles. The maximum Gasteiger partial charge on any atom is 0.365 e. The Bertz CT molecular complexity index is 502. The van der Waals surface area contributed by atoms with Gasteiger partial charge in [-0.05, 0) is 17.7 Å². The van der Waals surface area contributed by atoms with Crippen molar-refractivity contribution in [3.05, 3.63) is 40.3 Å². The zero-order valence-electron chi connectivity index (χ0n) is 10.6. The summed E-state index contributed by atoms with van der Waals surface area (Å²) in [5.74, 6) is -2.90. The normalized spacial score (nSPS) is 15.3. The summed E-state index contributed by atoms with van der Waals surface area (Å²) in [7, 11) is -3.42. The number of nitroso groups, excluding NO2 is 1. The molecule has 0 fully saturated rings. The number of carbonyl (C=O) groups excluding carboxylic acids is 1. The highest BCUT2D eigenvalue weighted by molar-refractivity contribution is 7.54. The third-order valence-corrected chi connectivity index (χ3v) is 3.96. The average Bonchev–Trinajstić information content (AvgIpc) is 2.38. The van der Waals surface area contributed by atoms with Gasteiger partial charge in [-0.15, -0.1) is 4.91 Å². The standard InChI is InChI=1S/C11H15N2O5P/c1-8-3-5-9(6-4-8)7-12-10(14)11(13-15)19(16,17)18-2/h3-6,11H,7H2,1-2H3,(H,12,14)(H,16,17). The van der Waals surface area contributed by atoms with Crippen molar-refractivity contribution in [1.82, 2.24) is 5.32 Å². The van der Waals surface area contributed by atoms with E-state index in [0.717, 1.165) is 18.2 Å². The van der Waals surface area contributed by atoms with Crippen LogP contribution in [0.5, 0.6) is 0 Å². The first-order chi connectivity index (χ1) is 8.90. The molecule has 0 heterocycles. The van der Waals surface area contributed by atoms with Crippen LogP contribution in [0, 0.1) is 11.8 Å². The van der Waals surface area contributed by atoms with E-state index >= 15 is 0 Å². The van der Waals surface area contributed by atoms with Gasteiger partial charge in [-0.3, -0.25) is 9.36 Å². The zero-order valence-corrected chi connectivity index (χ0v) is 11.5. The summed E-state index contributed by atoms with van der Waals surface area (Å²) in [6.07, 6.45) is 0. The molecule has 0 saturated heterocycles. The van der Waals surface area contributed by atoms with Crippen LogP contribution in [0.4, 0.5) is 0 Å². The Kier molecular flexibility index (Phi) is 5.35. The van der Waals surface area contributed by atoms with Crippen LogP contribution >= 0.6 is 7.60 Å². The van der Waals surface area contributed by atoms with Gasteiger partial charge in [0.1, 0.15) is 0 Å². The van der Waals surface area contributed by atoms with Gasteiger partial charge >= 0.3 is 7.60 Å². The molecule has 1 aromatic rings. The fraction of sp³-hybridized carbons (Fsp3) is 0.364. The molecular formula is C11H15N2O5P. The van der Waals surface area contributed by atoms with Crippen LogP contribution in [0.15, 0.2) is 29.4 Å². The lowest BCUT2D eigenvalue weighted by Gasteiger charge is -2.14. The largest absolute Gasteiger partial charge is 0.365 e. The quantitative estimate of drug-likeness (QED) is 0.609.